The topological polar surface area (TPSA) is 190 Å². The molecule has 0 spiro atoms. The van der Waals surface area contributed by atoms with Crippen LogP contribution in [-0.4, -0.2) is 66.5 Å². The van der Waals surface area contributed by atoms with E-state index in [0.29, 0.717) is 0 Å². The minimum atomic E-state index is -1.61. The average Bonchev–Trinajstić information content (AvgIpc) is 2.74. The molecule has 0 saturated carbocycles. The number of aliphatic hydroxyl groups excluding tert-OH is 3. The maximum atomic E-state index is 12.6. The monoisotopic (exact) mass is 448 g/mol. The number of phenols is 3. The van der Waals surface area contributed by atoms with Gasteiger partial charge in [-0.2, -0.15) is 0 Å². The summed E-state index contributed by atoms with van der Waals surface area (Å²) in [5.74, 6) is -2.80. The van der Waals surface area contributed by atoms with Crippen molar-refractivity contribution in [2.24, 2.45) is 0 Å². The smallest absolute Gasteiger partial charge is 0.238 e. The molecule has 11 nitrogen and oxygen atoms in total. The van der Waals surface area contributed by atoms with Gasteiger partial charge in [-0.05, 0) is 25.1 Å². The number of hydrogen-bond donors (Lipinski definition) is 7. The average molecular weight is 448 g/mol. The summed E-state index contributed by atoms with van der Waals surface area (Å²) < 4.78 is 16.4. The number of ether oxygens (including phenoxy) is 2. The number of benzene rings is 2. The molecule has 0 aliphatic carbocycles. The predicted molar refractivity (Wildman–Crippen MR) is 108 cm³/mol. The third-order valence-electron chi connectivity index (χ3n) is 5.22. The minimum absolute atomic E-state index is 0.0691. The van der Waals surface area contributed by atoms with Crippen LogP contribution in [0.1, 0.15) is 6.92 Å². The van der Waals surface area contributed by atoms with Gasteiger partial charge in [0.2, 0.25) is 17.5 Å². The highest BCUT2D eigenvalue weighted by molar-refractivity contribution is 5.88. The molecule has 0 radical (unpaired) electrons. The Hall–Kier alpha value is -3.51. The third kappa shape index (κ3) is 3.56. The van der Waals surface area contributed by atoms with Crippen LogP contribution in [0.4, 0.5) is 0 Å². The highest BCUT2D eigenvalue weighted by Gasteiger charge is 2.43. The van der Waals surface area contributed by atoms with Crippen LogP contribution in [0.2, 0.25) is 0 Å². The normalized spacial score (nSPS) is 25.7. The van der Waals surface area contributed by atoms with E-state index in [9.17, 15) is 40.5 Å². The van der Waals surface area contributed by atoms with Gasteiger partial charge in [0.1, 0.15) is 40.8 Å². The number of rotatable bonds is 3. The van der Waals surface area contributed by atoms with Crippen molar-refractivity contribution < 1.29 is 49.6 Å². The van der Waals surface area contributed by atoms with Crippen LogP contribution in [0.5, 0.6) is 28.7 Å². The van der Waals surface area contributed by atoms with E-state index in [0.717, 1.165) is 18.2 Å². The van der Waals surface area contributed by atoms with E-state index < -0.39 is 59.1 Å². The third-order valence-corrected chi connectivity index (χ3v) is 5.22. The van der Waals surface area contributed by atoms with Crippen molar-refractivity contribution in [3.05, 3.63) is 40.6 Å². The molecule has 170 valence electrons. The van der Waals surface area contributed by atoms with Gasteiger partial charge in [0.25, 0.3) is 0 Å². The molecule has 0 bridgehead atoms. The van der Waals surface area contributed by atoms with E-state index >= 15 is 0 Å². The largest absolute Gasteiger partial charge is 0.507 e. The molecule has 1 aliphatic rings. The Balaban J connectivity index is 1.78. The molecule has 32 heavy (non-hydrogen) atoms. The van der Waals surface area contributed by atoms with Crippen LogP contribution in [0.15, 0.2) is 39.5 Å². The van der Waals surface area contributed by atoms with Crippen LogP contribution in [-0.2, 0) is 4.74 Å². The Kier molecular flexibility index (Phi) is 5.34. The number of hydrogen-bond acceptors (Lipinski definition) is 11. The van der Waals surface area contributed by atoms with Gasteiger partial charge >= 0.3 is 0 Å². The van der Waals surface area contributed by atoms with Gasteiger partial charge in [0.05, 0.1) is 6.10 Å². The van der Waals surface area contributed by atoms with E-state index in [1.165, 1.54) is 19.1 Å². The van der Waals surface area contributed by atoms with Gasteiger partial charge in [-0.15, -0.1) is 0 Å². The molecule has 7 N–H and O–H groups in total. The quantitative estimate of drug-likeness (QED) is 0.276. The summed E-state index contributed by atoms with van der Waals surface area (Å²) in [4.78, 5) is 12.6. The van der Waals surface area contributed by atoms with Gasteiger partial charge in [-0.3, -0.25) is 4.79 Å². The lowest BCUT2D eigenvalue weighted by Crippen LogP contribution is -2.58. The van der Waals surface area contributed by atoms with Gasteiger partial charge < -0.3 is 49.6 Å². The van der Waals surface area contributed by atoms with Crippen molar-refractivity contribution >= 4 is 11.0 Å². The van der Waals surface area contributed by atoms with Crippen LogP contribution < -0.4 is 10.2 Å². The fraction of sp³-hybridized carbons (Fsp3) is 0.286. The zero-order valence-corrected chi connectivity index (χ0v) is 16.5. The number of fused-ring (bicyclic) bond motifs is 1. The second-order valence-electron chi connectivity index (χ2n) is 7.43. The Morgan fingerprint density at radius 2 is 1.59 bits per heavy atom. The molecule has 1 fully saturated rings. The van der Waals surface area contributed by atoms with Crippen LogP contribution >= 0.6 is 0 Å². The number of aliphatic hydroxyl groups is 3. The van der Waals surface area contributed by atoms with Crippen molar-refractivity contribution in [1.82, 2.24) is 0 Å². The molecule has 2 heterocycles. The maximum absolute atomic E-state index is 12.6. The highest BCUT2D eigenvalue weighted by atomic mass is 16.7. The molecule has 0 unspecified atom stereocenters. The number of aromatic hydroxyl groups is 4. The van der Waals surface area contributed by atoms with Gasteiger partial charge in [0, 0.05) is 17.7 Å². The Morgan fingerprint density at radius 1 is 0.875 bits per heavy atom. The van der Waals surface area contributed by atoms with E-state index in [1.807, 2.05) is 0 Å². The van der Waals surface area contributed by atoms with Gasteiger partial charge in [-0.25, -0.2) is 0 Å². The molecule has 2 aromatic carbocycles. The fourth-order valence-electron chi connectivity index (χ4n) is 3.44. The van der Waals surface area contributed by atoms with E-state index in [4.69, 9.17) is 13.9 Å². The Labute approximate surface area is 179 Å². The zero-order chi connectivity index (χ0) is 23.3. The SMILES string of the molecule is C[C@@H]1O[C@H](Oc2cc(O)c3c(=O)c(O)c(-c4ccc(O)c(O)c4)oc3c2)[C@@H](O)[C@@H](O)[C@H]1O. The standard InChI is InChI=1S/C21H20O11/c1-7-15(25)17(27)19(29)21(30-7)31-9-5-12(24)14-13(6-9)32-20(18(28)16(14)26)8-2-3-10(22)11(23)4-8/h2-7,15,17,19,21-25,27-29H,1H3/t7-,15-,17-,19-,21+/m0/s1. The first-order chi connectivity index (χ1) is 15.1. The highest BCUT2D eigenvalue weighted by Crippen LogP contribution is 2.38. The second kappa shape index (κ2) is 7.88. The first-order valence-corrected chi connectivity index (χ1v) is 9.50. The van der Waals surface area contributed by atoms with E-state index in [1.54, 1.807) is 0 Å². The van der Waals surface area contributed by atoms with E-state index in [-0.39, 0.29) is 28.0 Å². The molecule has 1 aromatic heterocycles. The predicted octanol–water partition coefficient (Wildman–Crippen LogP) is 0.489. The van der Waals surface area contributed by atoms with Gasteiger partial charge in [-0.1, -0.05) is 0 Å². The Bertz CT molecular complexity index is 1230. The summed E-state index contributed by atoms with van der Waals surface area (Å²) in [6.45, 7) is 1.47. The van der Waals surface area contributed by atoms with Crippen molar-refractivity contribution in [2.75, 3.05) is 0 Å². The lowest BCUT2D eigenvalue weighted by molar-refractivity contribution is -0.268. The van der Waals surface area contributed by atoms with Crippen molar-refractivity contribution in [2.45, 2.75) is 37.6 Å². The molecule has 11 heteroatoms. The Morgan fingerprint density at radius 3 is 2.28 bits per heavy atom. The molecule has 0 amide bonds. The summed E-state index contributed by atoms with van der Waals surface area (Å²) in [7, 11) is 0. The molecule has 3 aromatic rings. The molecule has 4 rings (SSSR count). The van der Waals surface area contributed by atoms with E-state index in [2.05, 4.69) is 0 Å². The lowest BCUT2D eigenvalue weighted by Gasteiger charge is -2.38. The lowest BCUT2D eigenvalue weighted by atomic mass is 10.00. The van der Waals surface area contributed by atoms with Gasteiger partial charge in [0.15, 0.2) is 17.3 Å². The van der Waals surface area contributed by atoms with Crippen molar-refractivity contribution in [1.29, 1.82) is 0 Å². The molecular weight excluding hydrogens is 428 g/mol. The maximum Gasteiger partial charge on any atom is 0.238 e. The summed E-state index contributed by atoms with van der Waals surface area (Å²) in [6.07, 6.45) is -6.75. The van der Waals surface area contributed by atoms with Crippen molar-refractivity contribution in [3.8, 4) is 40.1 Å². The molecule has 1 saturated heterocycles. The molecular formula is C21H20O11. The summed E-state index contributed by atoms with van der Waals surface area (Å²) >= 11 is 0. The minimum Gasteiger partial charge on any atom is -0.507 e. The number of phenolic OH excluding ortho intramolecular Hbond substituents is 3. The second-order valence-corrected chi connectivity index (χ2v) is 7.43. The first kappa shape index (κ1) is 21.7. The molecule has 1 aliphatic heterocycles. The van der Waals surface area contributed by atoms with Crippen molar-refractivity contribution in [3.63, 3.8) is 0 Å². The summed E-state index contributed by atoms with van der Waals surface area (Å²) in [5.41, 5.74) is -1.09. The zero-order valence-electron chi connectivity index (χ0n) is 16.5. The molecule has 5 atom stereocenters. The van der Waals surface area contributed by atoms with Crippen LogP contribution in [0.25, 0.3) is 22.3 Å². The first-order valence-electron chi connectivity index (χ1n) is 9.50. The summed E-state index contributed by atoms with van der Waals surface area (Å²) in [5, 5.41) is 69.3. The van der Waals surface area contributed by atoms with Crippen LogP contribution in [0.3, 0.4) is 0 Å². The summed E-state index contributed by atoms with van der Waals surface area (Å²) in [6, 6.07) is 5.72. The van der Waals surface area contributed by atoms with Crippen LogP contribution in [0, 0.1) is 0 Å². The fourth-order valence-corrected chi connectivity index (χ4v) is 3.44.